The van der Waals surface area contributed by atoms with Gasteiger partial charge in [0.25, 0.3) is 0 Å². The molecule has 1 heterocycles. The van der Waals surface area contributed by atoms with Crippen molar-refractivity contribution in [2.45, 2.75) is 17.8 Å². The van der Waals surface area contributed by atoms with E-state index in [1.54, 1.807) is 5.43 Å². The Bertz CT molecular complexity index is 828. The third-order valence-corrected chi connectivity index (χ3v) is 3.46. The molecule has 0 aliphatic carbocycles. The van der Waals surface area contributed by atoms with Gasteiger partial charge in [-0.1, -0.05) is 0 Å². The van der Waals surface area contributed by atoms with Crippen LogP contribution in [0.3, 0.4) is 0 Å². The molecule has 7 nitrogen and oxygen atoms in total. The van der Waals surface area contributed by atoms with Gasteiger partial charge in [0.2, 0.25) is 0 Å². The molecule has 28 heavy (non-hydrogen) atoms. The van der Waals surface area contributed by atoms with Crippen LogP contribution in [0.1, 0.15) is 5.56 Å². The fraction of sp³-hybridized carbons (Fsp3) is 0.267. The molecule has 0 aliphatic rings. The van der Waals surface area contributed by atoms with Crippen molar-refractivity contribution in [1.82, 2.24) is 15.4 Å². The molecule has 0 fully saturated rings. The van der Waals surface area contributed by atoms with E-state index in [0.717, 1.165) is 18.3 Å². The molecule has 13 heteroatoms. The second-order valence-electron chi connectivity index (χ2n) is 5.16. The predicted octanol–water partition coefficient (Wildman–Crippen LogP) is 3.62. The highest BCUT2D eigenvalue weighted by Gasteiger charge is 2.35. The average molecular weight is 471 g/mol. The summed E-state index contributed by atoms with van der Waals surface area (Å²) in [5.74, 6) is -2.10. The number of hydrogen-bond donors (Lipinski definition) is 2. The molecule has 1 aromatic carbocycles. The number of halogens is 6. The summed E-state index contributed by atoms with van der Waals surface area (Å²) in [6.45, 7) is -0.0253. The number of nitrogens with one attached hydrogen (secondary N) is 2. The van der Waals surface area contributed by atoms with Crippen molar-refractivity contribution >= 4 is 27.7 Å². The standard InChI is InChI=1S/C15H12BrF5N4O3/c1-27-7-8-4-9(28-15(19,20)21)2-3-10(8)11-5-23-12(6-22-11)24-25-13(26)14(16,17)18/h2-6H,7H2,1H3,(H,23,24)(H,25,26). The number of rotatable bonds is 7. The van der Waals surface area contributed by atoms with Crippen LogP contribution in [0.25, 0.3) is 11.3 Å². The summed E-state index contributed by atoms with van der Waals surface area (Å²) >= 11 is 1.89. The van der Waals surface area contributed by atoms with Crippen LogP contribution < -0.4 is 15.6 Å². The predicted molar refractivity (Wildman–Crippen MR) is 90.5 cm³/mol. The molecule has 152 valence electrons. The highest BCUT2D eigenvalue weighted by molar-refractivity contribution is 9.10. The fourth-order valence-corrected chi connectivity index (χ4v) is 2.11. The Morgan fingerprint density at radius 3 is 2.43 bits per heavy atom. The number of carbonyl (C=O) groups excluding carboxylic acids is 1. The van der Waals surface area contributed by atoms with E-state index in [4.69, 9.17) is 4.74 Å². The van der Waals surface area contributed by atoms with Crippen molar-refractivity contribution in [3.8, 4) is 17.0 Å². The van der Waals surface area contributed by atoms with Crippen molar-refractivity contribution in [2.24, 2.45) is 0 Å². The van der Waals surface area contributed by atoms with Crippen LogP contribution in [0, 0.1) is 0 Å². The lowest BCUT2D eigenvalue weighted by Gasteiger charge is -2.14. The van der Waals surface area contributed by atoms with E-state index in [1.165, 1.54) is 19.4 Å². The van der Waals surface area contributed by atoms with E-state index in [-0.39, 0.29) is 18.1 Å². The Labute approximate surface area is 163 Å². The van der Waals surface area contributed by atoms with Crippen LogP contribution in [0.5, 0.6) is 5.75 Å². The van der Waals surface area contributed by atoms with Gasteiger partial charge in [-0.3, -0.25) is 20.6 Å². The Balaban J connectivity index is 2.19. The molecule has 1 aromatic heterocycles. The van der Waals surface area contributed by atoms with Crippen LogP contribution in [0.2, 0.25) is 0 Å². The molecule has 0 atom stereocenters. The molecule has 2 rings (SSSR count). The summed E-state index contributed by atoms with van der Waals surface area (Å²) in [5, 5.41) is 0. The van der Waals surface area contributed by atoms with Crippen molar-refractivity contribution < 1.29 is 36.2 Å². The number of benzene rings is 1. The van der Waals surface area contributed by atoms with Crippen LogP contribution >= 0.6 is 15.9 Å². The van der Waals surface area contributed by atoms with E-state index in [0.29, 0.717) is 11.1 Å². The Morgan fingerprint density at radius 1 is 1.18 bits per heavy atom. The Hall–Kier alpha value is -2.54. The first kappa shape index (κ1) is 21.8. The number of carbonyl (C=O) groups is 1. The van der Waals surface area contributed by atoms with Crippen LogP contribution in [-0.2, 0) is 16.1 Å². The number of methoxy groups -OCH3 is 1. The number of ether oxygens (including phenoxy) is 2. The SMILES string of the molecule is COCc1cc(OC(F)(F)F)ccc1-c1cnc(NNC(=O)C(F)(F)Br)cn1. The number of hydrazine groups is 1. The van der Waals surface area contributed by atoms with Gasteiger partial charge in [-0.15, -0.1) is 13.2 Å². The fourth-order valence-electron chi connectivity index (χ4n) is 2.02. The summed E-state index contributed by atoms with van der Waals surface area (Å²) in [4.78, 5) is 15.2. The minimum Gasteiger partial charge on any atom is -0.406 e. The van der Waals surface area contributed by atoms with Gasteiger partial charge in [0, 0.05) is 28.6 Å². The van der Waals surface area contributed by atoms with Crippen LogP contribution in [-0.4, -0.2) is 34.2 Å². The van der Waals surface area contributed by atoms with Gasteiger partial charge in [0.05, 0.1) is 24.7 Å². The average Bonchev–Trinajstić information content (AvgIpc) is 2.58. The maximum Gasteiger partial charge on any atom is 0.573 e. The van der Waals surface area contributed by atoms with Gasteiger partial charge >= 0.3 is 17.1 Å². The van der Waals surface area contributed by atoms with Gasteiger partial charge in [-0.25, -0.2) is 4.98 Å². The first-order valence-corrected chi connectivity index (χ1v) is 8.12. The summed E-state index contributed by atoms with van der Waals surface area (Å²) in [5.41, 5.74) is 4.93. The zero-order chi connectivity index (χ0) is 20.9. The lowest BCUT2D eigenvalue weighted by atomic mass is 10.0. The highest BCUT2D eigenvalue weighted by atomic mass is 79.9. The number of hydrogen-bond acceptors (Lipinski definition) is 6. The number of anilines is 1. The normalized spacial score (nSPS) is 11.8. The second kappa shape index (κ2) is 8.65. The molecule has 0 spiro atoms. The van der Waals surface area contributed by atoms with E-state index >= 15 is 0 Å². The molecule has 0 aliphatic heterocycles. The van der Waals surface area contributed by atoms with E-state index in [1.807, 2.05) is 15.9 Å². The van der Waals surface area contributed by atoms with E-state index in [9.17, 15) is 26.7 Å². The molecular weight excluding hydrogens is 459 g/mol. The first-order chi connectivity index (χ1) is 13.0. The first-order valence-electron chi connectivity index (χ1n) is 7.33. The van der Waals surface area contributed by atoms with E-state index in [2.05, 4.69) is 20.1 Å². The summed E-state index contributed by atoms with van der Waals surface area (Å²) in [6.07, 6.45) is -2.46. The highest BCUT2D eigenvalue weighted by Crippen LogP contribution is 2.30. The lowest BCUT2D eigenvalue weighted by Crippen LogP contribution is -2.39. The monoisotopic (exact) mass is 470 g/mol. The van der Waals surface area contributed by atoms with Gasteiger partial charge in [-0.05, 0) is 23.8 Å². The quantitative estimate of drug-likeness (QED) is 0.365. The van der Waals surface area contributed by atoms with Crippen molar-refractivity contribution in [2.75, 3.05) is 12.5 Å². The van der Waals surface area contributed by atoms with E-state index < -0.39 is 22.9 Å². The Kier molecular flexibility index (Phi) is 6.72. The summed E-state index contributed by atoms with van der Waals surface area (Å²) in [6, 6.07) is 3.60. The molecule has 0 saturated carbocycles. The van der Waals surface area contributed by atoms with Crippen molar-refractivity contribution in [3.63, 3.8) is 0 Å². The van der Waals surface area contributed by atoms with Gasteiger partial charge in [0.1, 0.15) is 5.75 Å². The number of amides is 1. The van der Waals surface area contributed by atoms with Gasteiger partial charge in [0.15, 0.2) is 5.82 Å². The maximum absolute atomic E-state index is 12.7. The third-order valence-electron chi connectivity index (χ3n) is 3.10. The lowest BCUT2D eigenvalue weighted by molar-refractivity contribution is -0.274. The second-order valence-corrected chi connectivity index (χ2v) is 6.16. The molecule has 2 N–H and O–H groups in total. The number of nitrogens with zero attached hydrogens (tertiary/aromatic N) is 2. The molecule has 1 amide bonds. The van der Waals surface area contributed by atoms with Crippen molar-refractivity contribution in [1.29, 1.82) is 0 Å². The topological polar surface area (TPSA) is 85.4 Å². The number of aromatic nitrogens is 2. The van der Waals surface area contributed by atoms with Gasteiger partial charge in [-0.2, -0.15) is 8.78 Å². The Morgan fingerprint density at radius 2 is 1.89 bits per heavy atom. The molecule has 2 aromatic rings. The smallest absolute Gasteiger partial charge is 0.406 e. The van der Waals surface area contributed by atoms with Crippen LogP contribution in [0.4, 0.5) is 27.8 Å². The minimum atomic E-state index is -4.84. The third kappa shape index (κ3) is 6.27. The number of alkyl halides is 6. The van der Waals surface area contributed by atoms with Crippen molar-refractivity contribution in [3.05, 3.63) is 36.2 Å². The van der Waals surface area contributed by atoms with Crippen LogP contribution in [0.15, 0.2) is 30.6 Å². The molecule has 0 bridgehead atoms. The zero-order valence-electron chi connectivity index (χ0n) is 14.0. The molecule has 0 saturated heterocycles. The maximum atomic E-state index is 12.7. The largest absolute Gasteiger partial charge is 0.573 e. The molecular formula is C15H12BrF5N4O3. The molecule has 0 radical (unpaired) electrons. The van der Waals surface area contributed by atoms with Gasteiger partial charge < -0.3 is 9.47 Å². The zero-order valence-corrected chi connectivity index (χ0v) is 15.6. The summed E-state index contributed by atoms with van der Waals surface area (Å²) < 4.78 is 71.3. The summed E-state index contributed by atoms with van der Waals surface area (Å²) in [7, 11) is 1.36. The molecule has 0 unspecified atom stereocenters. The minimum absolute atomic E-state index is 0.0253.